The average molecular weight is 450 g/mol. The average Bonchev–Trinajstić information content (AvgIpc) is 3.30. The van der Waals surface area contributed by atoms with Crippen molar-refractivity contribution >= 4 is 40.5 Å². The van der Waals surface area contributed by atoms with Crippen LogP contribution in [-0.2, 0) is 14.4 Å². The van der Waals surface area contributed by atoms with E-state index in [2.05, 4.69) is 0 Å². The van der Waals surface area contributed by atoms with Crippen molar-refractivity contribution in [2.75, 3.05) is 9.96 Å². The number of hydroxylamine groups is 1. The summed E-state index contributed by atoms with van der Waals surface area (Å²) < 4.78 is 0. The molecule has 3 aromatic rings. The number of hydrogen-bond acceptors (Lipinski definition) is 6. The van der Waals surface area contributed by atoms with E-state index in [-0.39, 0.29) is 11.4 Å². The van der Waals surface area contributed by atoms with Crippen molar-refractivity contribution in [2.45, 2.75) is 12.1 Å². The van der Waals surface area contributed by atoms with Crippen LogP contribution in [0.25, 0.3) is 0 Å². The first-order chi connectivity index (χ1) is 15.5. The molecule has 8 nitrogen and oxygen atoms in total. The quantitative estimate of drug-likeness (QED) is 0.335. The highest BCUT2D eigenvalue weighted by Gasteiger charge is 2.60. The number of rotatable bonds is 4. The van der Waals surface area contributed by atoms with Crippen LogP contribution < -0.4 is 9.96 Å². The summed E-state index contributed by atoms with van der Waals surface area (Å²) in [4.78, 5) is 44.2. The SMILES string of the molecule is O=C1[C@H]2[C@@H](c3cccc(Cl)c3)N(c3ccccc3)O[C@H]2C(=O)N1c1ccc([N+](=O)[O-])cc1. The van der Waals surface area contributed by atoms with E-state index in [0.717, 1.165) is 10.5 Å². The van der Waals surface area contributed by atoms with E-state index in [1.807, 2.05) is 36.4 Å². The lowest BCUT2D eigenvalue weighted by Gasteiger charge is -2.28. The molecule has 2 saturated heterocycles. The van der Waals surface area contributed by atoms with E-state index >= 15 is 0 Å². The van der Waals surface area contributed by atoms with Crippen molar-refractivity contribution in [3.63, 3.8) is 0 Å². The number of anilines is 2. The van der Waals surface area contributed by atoms with Crippen LogP contribution >= 0.6 is 11.6 Å². The predicted molar refractivity (Wildman–Crippen MR) is 117 cm³/mol. The molecule has 0 radical (unpaired) electrons. The number of hydrogen-bond donors (Lipinski definition) is 0. The van der Waals surface area contributed by atoms with E-state index in [1.165, 1.54) is 24.3 Å². The molecule has 0 spiro atoms. The van der Waals surface area contributed by atoms with Gasteiger partial charge in [0.15, 0.2) is 6.10 Å². The number of fused-ring (bicyclic) bond motifs is 1. The number of para-hydroxylation sites is 1. The monoisotopic (exact) mass is 449 g/mol. The second-order valence-electron chi connectivity index (χ2n) is 7.50. The van der Waals surface area contributed by atoms with Crippen molar-refractivity contribution in [2.24, 2.45) is 5.92 Å². The third kappa shape index (κ3) is 3.21. The van der Waals surface area contributed by atoms with E-state index < -0.39 is 34.8 Å². The van der Waals surface area contributed by atoms with Gasteiger partial charge in [-0.15, -0.1) is 0 Å². The molecule has 9 heteroatoms. The molecule has 2 aliphatic heterocycles. The van der Waals surface area contributed by atoms with E-state index in [9.17, 15) is 19.7 Å². The molecule has 32 heavy (non-hydrogen) atoms. The van der Waals surface area contributed by atoms with Gasteiger partial charge >= 0.3 is 0 Å². The number of nitro groups is 1. The molecule has 2 heterocycles. The van der Waals surface area contributed by atoms with Gasteiger partial charge in [-0.05, 0) is 42.0 Å². The van der Waals surface area contributed by atoms with Gasteiger partial charge in [0.1, 0.15) is 5.92 Å². The predicted octanol–water partition coefficient (Wildman–Crippen LogP) is 4.30. The second kappa shape index (κ2) is 7.74. The van der Waals surface area contributed by atoms with Crippen LogP contribution in [0, 0.1) is 16.0 Å². The normalized spacial score (nSPS) is 22.3. The number of imide groups is 1. The molecule has 3 aromatic carbocycles. The maximum absolute atomic E-state index is 13.5. The number of carbonyl (C=O) groups excluding carboxylic acids is 2. The largest absolute Gasteiger partial charge is 0.273 e. The molecule has 0 saturated carbocycles. The van der Waals surface area contributed by atoms with Crippen LogP contribution in [0.2, 0.25) is 5.02 Å². The minimum Gasteiger partial charge on any atom is -0.273 e. The Labute approximate surface area is 187 Å². The zero-order valence-corrected chi connectivity index (χ0v) is 17.3. The molecule has 2 aliphatic rings. The zero-order valence-electron chi connectivity index (χ0n) is 16.5. The minimum absolute atomic E-state index is 0.128. The Morgan fingerprint density at radius 2 is 1.59 bits per heavy atom. The number of halogens is 1. The summed E-state index contributed by atoms with van der Waals surface area (Å²) in [5, 5.41) is 13.0. The topological polar surface area (TPSA) is 93.0 Å². The highest BCUT2D eigenvalue weighted by Crippen LogP contribution is 2.47. The summed E-state index contributed by atoms with van der Waals surface area (Å²) in [7, 11) is 0. The Morgan fingerprint density at radius 1 is 0.875 bits per heavy atom. The molecular weight excluding hydrogens is 434 g/mol. The summed E-state index contributed by atoms with van der Waals surface area (Å²) in [5.74, 6) is -1.76. The van der Waals surface area contributed by atoms with Gasteiger partial charge in [0.05, 0.1) is 22.3 Å². The Balaban J connectivity index is 1.56. The van der Waals surface area contributed by atoms with Crippen LogP contribution in [-0.4, -0.2) is 22.8 Å². The molecule has 2 amide bonds. The van der Waals surface area contributed by atoms with Crippen molar-refractivity contribution in [3.05, 3.63) is 99.6 Å². The molecule has 0 N–H and O–H groups in total. The van der Waals surface area contributed by atoms with E-state index in [4.69, 9.17) is 16.4 Å². The third-order valence-electron chi connectivity index (χ3n) is 5.64. The summed E-state index contributed by atoms with van der Waals surface area (Å²) in [6.07, 6.45) is -1.03. The van der Waals surface area contributed by atoms with Crippen LogP contribution in [0.5, 0.6) is 0 Å². The highest BCUT2D eigenvalue weighted by molar-refractivity contribution is 6.30. The number of nitro benzene ring substituents is 1. The van der Waals surface area contributed by atoms with Gasteiger partial charge in [-0.2, -0.15) is 0 Å². The van der Waals surface area contributed by atoms with Crippen molar-refractivity contribution in [1.82, 2.24) is 0 Å². The zero-order chi connectivity index (χ0) is 22.4. The summed E-state index contributed by atoms with van der Waals surface area (Å²) in [6.45, 7) is 0. The Kier molecular flexibility index (Phi) is 4.88. The number of carbonyl (C=O) groups is 2. The lowest BCUT2D eigenvalue weighted by Crippen LogP contribution is -2.37. The highest BCUT2D eigenvalue weighted by atomic mass is 35.5. The molecule has 160 valence electrons. The lowest BCUT2D eigenvalue weighted by atomic mass is 9.90. The molecule has 5 rings (SSSR count). The van der Waals surface area contributed by atoms with Crippen molar-refractivity contribution < 1.29 is 19.3 Å². The number of benzene rings is 3. The molecule has 0 bridgehead atoms. The summed E-state index contributed by atoms with van der Waals surface area (Å²) >= 11 is 6.21. The molecule has 0 aliphatic carbocycles. The standard InChI is InChI=1S/C23H16ClN3O5/c24-15-6-4-5-14(13-15)20-19-21(32-26(20)17-7-2-1-3-8-17)23(29)25(22(19)28)16-9-11-18(12-10-16)27(30)31/h1-13,19-21H/t19-,20+,21+/m0/s1. The number of nitrogens with zero attached hydrogens (tertiary/aromatic N) is 3. The fourth-order valence-electron chi connectivity index (χ4n) is 4.22. The third-order valence-corrected chi connectivity index (χ3v) is 5.87. The molecular formula is C23H16ClN3O5. The number of amides is 2. The van der Waals surface area contributed by atoms with E-state index in [0.29, 0.717) is 10.7 Å². The van der Waals surface area contributed by atoms with Gasteiger partial charge < -0.3 is 0 Å². The smallest absolute Gasteiger partial charge is 0.269 e. The van der Waals surface area contributed by atoms with Gasteiger partial charge in [0.25, 0.3) is 11.6 Å². The Hall–Kier alpha value is -3.75. The first kappa shape index (κ1) is 20.2. The molecule has 0 aromatic heterocycles. The Bertz CT molecular complexity index is 1220. The van der Waals surface area contributed by atoms with Gasteiger partial charge in [0, 0.05) is 17.2 Å². The van der Waals surface area contributed by atoms with Crippen LogP contribution in [0.1, 0.15) is 11.6 Å². The van der Waals surface area contributed by atoms with Crippen molar-refractivity contribution in [1.29, 1.82) is 0 Å². The van der Waals surface area contributed by atoms with Crippen molar-refractivity contribution in [3.8, 4) is 0 Å². The minimum atomic E-state index is -1.03. The van der Waals surface area contributed by atoms with Gasteiger partial charge in [-0.25, -0.2) is 9.96 Å². The van der Waals surface area contributed by atoms with Gasteiger partial charge in [-0.3, -0.25) is 24.5 Å². The number of non-ortho nitro benzene ring substituents is 1. The first-order valence-corrected chi connectivity index (χ1v) is 10.2. The fraction of sp³-hybridized carbons (Fsp3) is 0.130. The molecule has 3 atom stereocenters. The molecule has 2 fully saturated rings. The molecule has 0 unspecified atom stereocenters. The van der Waals surface area contributed by atoms with Gasteiger partial charge in [0.2, 0.25) is 5.91 Å². The van der Waals surface area contributed by atoms with E-state index in [1.54, 1.807) is 23.3 Å². The summed E-state index contributed by atoms with van der Waals surface area (Å²) in [5.41, 5.74) is 1.57. The fourth-order valence-corrected chi connectivity index (χ4v) is 4.42. The van der Waals surface area contributed by atoms with Crippen LogP contribution in [0.15, 0.2) is 78.9 Å². The maximum Gasteiger partial charge on any atom is 0.269 e. The Morgan fingerprint density at radius 3 is 2.25 bits per heavy atom. The van der Waals surface area contributed by atoms with Crippen LogP contribution in [0.3, 0.4) is 0 Å². The maximum atomic E-state index is 13.5. The van der Waals surface area contributed by atoms with Gasteiger partial charge in [-0.1, -0.05) is 41.9 Å². The second-order valence-corrected chi connectivity index (χ2v) is 7.93. The first-order valence-electron chi connectivity index (χ1n) is 9.84. The lowest BCUT2D eigenvalue weighted by molar-refractivity contribution is -0.384. The summed E-state index contributed by atoms with van der Waals surface area (Å²) in [6, 6.07) is 21.0. The van der Waals surface area contributed by atoms with Crippen LogP contribution in [0.4, 0.5) is 17.1 Å².